The highest BCUT2D eigenvalue weighted by atomic mass is 79.9. The maximum atomic E-state index is 12.0. The number of hydrogen-bond donors (Lipinski definition) is 2. The van der Waals surface area contributed by atoms with Crippen LogP contribution in [0, 0.1) is 0 Å². The number of halogens is 1. The first kappa shape index (κ1) is 19.5. The van der Waals surface area contributed by atoms with Crippen LogP contribution >= 0.6 is 15.9 Å². The standard InChI is InChI=1S/C19H18BrNO6/c1-11(22)18(24)21(2)27-19(25)16-8-5-14(20)9-13(16)10-26-17(19)12-3-6-15(23)7-4-12/h3-9,17,23,25H,10H2,1-2H3. The minimum Gasteiger partial charge on any atom is -0.508 e. The van der Waals surface area contributed by atoms with Crippen molar-refractivity contribution in [2.24, 2.45) is 0 Å². The quantitative estimate of drug-likeness (QED) is 0.435. The van der Waals surface area contributed by atoms with Gasteiger partial charge in [-0.3, -0.25) is 9.59 Å². The molecule has 27 heavy (non-hydrogen) atoms. The highest BCUT2D eigenvalue weighted by molar-refractivity contribution is 9.10. The van der Waals surface area contributed by atoms with Gasteiger partial charge in [0.1, 0.15) is 11.9 Å². The van der Waals surface area contributed by atoms with Crippen LogP contribution in [0.15, 0.2) is 46.9 Å². The SMILES string of the molecule is CC(=O)C(=O)N(C)OC1(O)c2ccc(Br)cc2COC1c1ccc(O)cc1. The number of aromatic hydroxyl groups is 1. The smallest absolute Gasteiger partial charge is 0.313 e. The van der Waals surface area contributed by atoms with Crippen LogP contribution in [0.2, 0.25) is 0 Å². The van der Waals surface area contributed by atoms with E-state index >= 15 is 0 Å². The number of benzene rings is 2. The largest absolute Gasteiger partial charge is 0.508 e. The zero-order valence-corrected chi connectivity index (χ0v) is 16.3. The van der Waals surface area contributed by atoms with Gasteiger partial charge in [-0.15, -0.1) is 0 Å². The van der Waals surface area contributed by atoms with E-state index in [-0.39, 0.29) is 12.4 Å². The Morgan fingerprint density at radius 1 is 1.26 bits per heavy atom. The monoisotopic (exact) mass is 435 g/mol. The van der Waals surface area contributed by atoms with Gasteiger partial charge in [0.15, 0.2) is 0 Å². The molecule has 2 unspecified atom stereocenters. The Hall–Kier alpha value is -2.26. The summed E-state index contributed by atoms with van der Waals surface area (Å²) in [4.78, 5) is 28.9. The summed E-state index contributed by atoms with van der Waals surface area (Å²) in [5.41, 5.74) is 1.62. The number of fused-ring (bicyclic) bond motifs is 1. The molecule has 0 bridgehead atoms. The van der Waals surface area contributed by atoms with E-state index in [0.717, 1.165) is 11.4 Å². The van der Waals surface area contributed by atoms with Crippen LogP contribution in [0.25, 0.3) is 0 Å². The fraction of sp³-hybridized carbons (Fsp3) is 0.263. The number of amides is 1. The summed E-state index contributed by atoms with van der Waals surface area (Å²) in [6.45, 7) is 1.32. The van der Waals surface area contributed by atoms with E-state index in [0.29, 0.717) is 21.8 Å². The molecule has 2 aromatic rings. The number of phenolic OH excluding ortho intramolecular Hbond substituents is 1. The fourth-order valence-corrected chi connectivity index (χ4v) is 3.41. The summed E-state index contributed by atoms with van der Waals surface area (Å²) in [6.07, 6.45) is -0.992. The second-order valence-electron chi connectivity index (χ2n) is 6.23. The Labute approximate surface area is 164 Å². The van der Waals surface area contributed by atoms with E-state index in [1.165, 1.54) is 19.2 Å². The number of carbonyl (C=O) groups excluding carboxylic acids is 2. The van der Waals surface area contributed by atoms with Crippen molar-refractivity contribution in [3.63, 3.8) is 0 Å². The number of ether oxygens (including phenoxy) is 1. The van der Waals surface area contributed by atoms with E-state index in [2.05, 4.69) is 15.9 Å². The van der Waals surface area contributed by atoms with Gasteiger partial charge in [-0.25, -0.2) is 9.90 Å². The lowest BCUT2D eigenvalue weighted by Crippen LogP contribution is -2.48. The van der Waals surface area contributed by atoms with Crippen LogP contribution in [-0.4, -0.2) is 34.0 Å². The van der Waals surface area contributed by atoms with E-state index in [9.17, 15) is 19.8 Å². The van der Waals surface area contributed by atoms with Crippen LogP contribution in [0.5, 0.6) is 5.75 Å². The topological polar surface area (TPSA) is 96.3 Å². The van der Waals surface area contributed by atoms with Crippen molar-refractivity contribution in [2.75, 3.05) is 7.05 Å². The van der Waals surface area contributed by atoms with Gasteiger partial charge in [-0.05, 0) is 35.4 Å². The maximum Gasteiger partial charge on any atom is 0.313 e. The highest BCUT2D eigenvalue weighted by Crippen LogP contribution is 2.46. The minimum absolute atomic E-state index is 0.0622. The van der Waals surface area contributed by atoms with Gasteiger partial charge in [0.05, 0.1) is 6.61 Å². The predicted molar refractivity (Wildman–Crippen MR) is 98.2 cm³/mol. The first-order chi connectivity index (χ1) is 12.7. The molecule has 2 N–H and O–H groups in total. The van der Waals surface area contributed by atoms with Gasteiger partial charge < -0.3 is 14.9 Å². The Morgan fingerprint density at radius 2 is 1.93 bits per heavy atom. The minimum atomic E-state index is -2.06. The molecule has 142 valence electrons. The number of carbonyl (C=O) groups is 2. The summed E-state index contributed by atoms with van der Waals surface area (Å²) in [6, 6.07) is 11.3. The lowest BCUT2D eigenvalue weighted by atomic mass is 9.89. The summed E-state index contributed by atoms with van der Waals surface area (Å²) < 4.78 is 6.64. The molecule has 2 aromatic carbocycles. The van der Waals surface area contributed by atoms with Gasteiger partial charge in [0.2, 0.25) is 11.6 Å². The molecule has 8 heteroatoms. The molecule has 1 aliphatic heterocycles. The Bertz CT molecular complexity index is 884. The van der Waals surface area contributed by atoms with Crippen molar-refractivity contribution in [3.05, 3.63) is 63.6 Å². The lowest BCUT2D eigenvalue weighted by Gasteiger charge is -2.42. The van der Waals surface area contributed by atoms with Gasteiger partial charge in [-0.1, -0.05) is 34.1 Å². The molecule has 0 fully saturated rings. The molecule has 1 amide bonds. The third kappa shape index (κ3) is 3.74. The highest BCUT2D eigenvalue weighted by Gasteiger charge is 2.48. The van der Waals surface area contributed by atoms with Crippen molar-refractivity contribution >= 4 is 27.6 Å². The number of phenols is 1. The van der Waals surface area contributed by atoms with Crippen LogP contribution < -0.4 is 0 Å². The summed E-state index contributed by atoms with van der Waals surface area (Å²) in [5.74, 6) is -3.63. The molecule has 0 radical (unpaired) electrons. The van der Waals surface area contributed by atoms with Gasteiger partial charge in [-0.2, -0.15) is 0 Å². The second kappa shape index (κ2) is 7.40. The molecule has 0 aromatic heterocycles. The molecule has 0 saturated heterocycles. The van der Waals surface area contributed by atoms with Gasteiger partial charge in [0, 0.05) is 24.0 Å². The molecule has 1 aliphatic rings. The average Bonchev–Trinajstić information content (AvgIpc) is 2.62. The number of ketones is 1. The van der Waals surface area contributed by atoms with Crippen molar-refractivity contribution in [1.29, 1.82) is 0 Å². The fourth-order valence-electron chi connectivity index (χ4n) is 3.00. The molecule has 1 heterocycles. The number of hydroxylamine groups is 2. The van der Waals surface area contributed by atoms with Crippen molar-refractivity contribution in [3.8, 4) is 5.75 Å². The molecular weight excluding hydrogens is 418 g/mol. The van der Waals surface area contributed by atoms with Crippen LogP contribution in [-0.2, 0) is 31.6 Å². The van der Waals surface area contributed by atoms with E-state index in [1.807, 2.05) is 0 Å². The van der Waals surface area contributed by atoms with E-state index < -0.39 is 23.6 Å². The Balaban J connectivity index is 2.07. The van der Waals surface area contributed by atoms with Crippen molar-refractivity contribution in [1.82, 2.24) is 5.06 Å². The van der Waals surface area contributed by atoms with Crippen LogP contribution in [0.1, 0.15) is 29.7 Å². The predicted octanol–water partition coefficient (Wildman–Crippen LogP) is 2.55. The zero-order valence-electron chi connectivity index (χ0n) is 14.7. The molecule has 0 saturated carbocycles. The van der Waals surface area contributed by atoms with Gasteiger partial charge in [0.25, 0.3) is 0 Å². The van der Waals surface area contributed by atoms with Crippen LogP contribution in [0.3, 0.4) is 0 Å². The Kier molecular flexibility index (Phi) is 5.34. The number of hydrogen-bond acceptors (Lipinski definition) is 6. The first-order valence-electron chi connectivity index (χ1n) is 8.12. The van der Waals surface area contributed by atoms with Gasteiger partial charge >= 0.3 is 5.91 Å². The summed E-state index contributed by atoms with van der Waals surface area (Å²) in [5, 5.41) is 21.7. The van der Waals surface area contributed by atoms with Crippen molar-refractivity contribution < 1.29 is 29.4 Å². The van der Waals surface area contributed by atoms with E-state index in [1.54, 1.807) is 30.3 Å². The van der Waals surface area contributed by atoms with Crippen LogP contribution in [0.4, 0.5) is 0 Å². The number of aliphatic hydroxyl groups is 1. The molecule has 7 nitrogen and oxygen atoms in total. The number of rotatable bonds is 4. The number of likely N-dealkylation sites (N-methyl/N-ethyl adjacent to an activating group) is 1. The molecule has 0 aliphatic carbocycles. The lowest BCUT2D eigenvalue weighted by molar-refractivity contribution is -0.364. The maximum absolute atomic E-state index is 12.0. The average molecular weight is 436 g/mol. The first-order valence-corrected chi connectivity index (χ1v) is 8.91. The summed E-state index contributed by atoms with van der Waals surface area (Å²) >= 11 is 3.37. The second-order valence-corrected chi connectivity index (χ2v) is 7.15. The molecular formula is C19H18BrNO6. The third-order valence-corrected chi connectivity index (χ3v) is 4.77. The number of nitrogens with zero attached hydrogens (tertiary/aromatic N) is 1. The molecule has 3 rings (SSSR count). The Morgan fingerprint density at radius 3 is 2.56 bits per heavy atom. The number of Topliss-reactive ketones (excluding diaryl/α,β-unsaturated/α-hetero) is 1. The zero-order chi connectivity index (χ0) is 19.8. The summed E-state index contributed by atoms with van der Waals surface area (Å²) in [7, 11) is 1.25. The molecule has 0 spiro atoms. The third-order valence-electron chi connectivity index (χ3n) is 4.27. The normalized spacial score (nSPS) is 21.4. The van der Waals surface area contributed by atoms with E-state index in [4.69, 9.17) is 9.57 Å². The molecule has 2 atom stereocenters. The van der Waals surface area contributed by atoms with Crippen molar-refractivity contribution in [2.45, 2.75) is 25.4 Å².